The van der Waals surface area contributed by atoms with E-state index >= 15 is 0 Å². The second-order valence-corrected chi connectivity index (χ2v) is 3.90. The van der Waals surface area contributed by atoms with Crippen LogP contribution in [0, 0.1) is 0 Å². The molecule has 0 heterocycles. The molecule has 2 N–H and O–H groups in total. The van der Waals surface area contributed by atoms with Gasteiger partial charge in [-0.05, 0) is 25.3 Å². The van der Waals surface area contributed by atoms with Gasteiger partial charge in [-0.2, -0.15) is 0 Å². The van der Waals surface area contributed by atoms with Crippen molar-refractivity contribution < 1.29 is 0 Å². The van der Waals surface area contributed by atoms with Crippen LogP contribution in [0.15, 0.2) is 42.0 Å². The standard InChI is InChI=1S/C13H19N/c1-10(12(3)14)9-11(2)13-7-5-4-6-8-13/h4-9,11-12H,14H2,1-3H3/b10-9+. The van der Waals surface area contributed by atoms with E-state index in [1.54, 1.807) is 0 Å². The predicted octanol–water partition coefficient (Wildman–Crippen LogP) is 3.08. The molecule has 0 aromatic heterocycles. The molecule has 0 saturated carbocycles. The van der Waals surface area contributed by atoms with E-state index in [4.69, 9.17) is 5.73 Å². The van der Waals surface area contributed by atoms with Gasteiger partial charge in [-0.25, -0.2) is 0 Å². The number of hydrogen-bond acceptors (Lipinski definition) is 1. The van der Waals surface area contributed by atoms with Crippen molar-refractivity contribution in [2.45, 2.75) is 32.7 Å². The predicted molar refractivity (Wildman–Crippen MR) is 62.3 cm³/mol. The molecule has 0 amide bonds. The van der Waals surface area contributed by atoms with Crippen LogP contribution in [-0.4, -0.2) is 6.04 Å². The normalized spacial score (nSPS) is 16.4. The first-order valence-corrected chi connectivity index (χ1v) is 5.10. The Morgan fingerprint density at radius 3 is 2.29 bits per heavy atom. The smallest absolute Gasteiger partial charge is 0.0222 e. The van der Waals surface area contributed by atoms with E-state index in [-0.39, 0.29) is 6.04 Å². The van der Waals surface area contributed by atoms with E-state index in [1.165, 1.54) is 11.1 Å². The zero-order valence-electron chi connectivity index (χ0n) is 9.20. The number of rotatable bonds is 3. The molecule has 0 aliphatic rings. The van der Waals surface area contributed by atoms with Crippen molar-refractivity contribution in [2.24, 2.45) is 5.73 Å². The summed E-state index contributed by atoms with van der Waals surface area (Å²) in [6, 6.07) is 10.6. The average Bonchev–Trinajstić information content (AvgIpc) is 2.19. The number of nitrogens with two attached hydrogens (primary N) is 1. The maximum absolute atomic E-state index is 5.79. The molecule has 0 saturated heterocycles. The largest absolute Gasteiger partial charge is 0.324 e. The Balaban J connectivity index is 2.77. The molecule has 0 bridgehead atoms. The number of allylic oxidation sites excluding steroid dienone is 1. The molecule has 2 unspecified atom stereocenters. The molecule has 2 atom stereocenters. The Morgan fingerprint density at radius 2 is 1.79 bits per heavy atom. The SMILES string of the molecule is C/C(=C\C(C)c1ccccc1)C(C)N. The van der Waals surface area contributed by atoms with E-state index in [2.05, 4.69) is 44.2 Å². The van der Waals surface area contributed by atoms with E-state index in [0.29, 0.717) is 5.92 Å². The molecule has 1 nitrogen and oxygen atoms in total. The Morgan fingerprint density at radius 1 is 1.21 bits per heavy atom. The summed E-state index contributed by atoms with van der Waals surface area (Å²) >= 11 is 0. The summed E-state index contributed by atoms with van der Waals surface area (Å²) in [5, 5.41) is 0. The summed E-state index contributed by atoms with van der Waals surface area (Å²) in [7, 11) is 0. The zero-order valence-corrected chi connectivity index (χ0v) is 9.20. The fourth-order valence-corrected chi connectivity index (χ4v) is 1.40. The summed E-state index contributed by atoms with van der Waals surface area (Å²) < 4.78 is 0. The summed E-state index contributed by atoms with van der Waals surface area (Å²) in [4.78, 5) is 0. The Labute approximate surface area is 86.6 Å². The summed E-state index contributed by atoms with van der Waals surface area (Å²) in [5.74, 6) is 0.446. The van der Waals surface area contributed by atoms with Crippen molar-refractivity contribution in [3.63, 3.8) is 0 Å². The molecule has 1 aromatic rings. The molecule has 1 aromatic carbocycles. The average molecular weight is 189 g/mol. The first kappa shape index (κ1) is 11.0. The van der Waals surface area contributed by atoms with Crippen molar-refractivity contribution in [2.75, 3.05) is 0 Å². The lowest BCUT2D eigenvalue weighted by molar-refractivity contribution is 0.833. The number of benzene rings is 1. The molecule has 76 valence electrons. The minimum atomic E-state index is 0.154. The minimum Gasteiger partial charge on any atom is -0.324 e. The zero-order chi connectivity index (χ0) is 10.6. The Hall–Kier alpha value is -1.08. The quantitative estimate of drug-likeness (QED) is 0.726. The van der Waals surface area contributed by atoms with Gasteiger partial charge in [-0.15, -0.1) is 0 Å². The van der Waals surface area contributed by atoms with Crippen LogP contribution in [0.3, 0.4) is 0 Å². The molecule has 0 aliphatic heterocycles. The van der Waals surface area contributed by atoms with Crippen LogP contribution < -0.4 is 5.73 Å². The molecule has 0 spiro atoms. The van der Waals surface area contributed by atoms with Gasteiger partial charge in [0.05, 0.1) is 0 Å². The molecular weight excluding hydrogens is 170 g/mol. The van der Waals surface area contributed by atoms with E-state index in [1.807, 2.05) is 13.0 Å². The molecule has 0 aliphatic carbocycles. The summed E-state index contributed by atoms with van der Waals surface area (Å²) in [6.07, 6.45) is 2.24. The van der Waals surface area contributed by atoms with Crippen LogP contribution in [-0.2, 0) is 0 Å². The molecule has 1 heteroatoms. The molecule has 14 heavy (non-hydrogen) atoms. The van der Waals surface area contributed by atoms with Gasteiger partial charge in [-0.1, -0.05) is 48.9 Å². The highest BCUT2D eigenvalue weighted by Gasteiger charge is 2.03. The van der Waals surface area contributed by atoms with Gasteiger partial charge in [0.1, 0.15) is 0 Å². The minimum absolute atomic E-state index is 0.154. The Kier molecular flexibility index (Phi) is 3.90. The highest BCUT2D eigenvalue weighted by atomic mass is 14.6. The van der Waals surface area contributed by atoms with E-state index in [9.17, 15) is 0 Å². The van der Waals surface area contributed by atoms with Gasteiger partial charge < -0.3 is 5.73 Å². The summed E-state index contributed by atoms with van der Waals surface area (Å²) in [5.41, 5.74) is 8.39. The van der Waals surface area contributed by atoms with Crippen LogP contribution in [0.4, 0.5) is 0 Å². The topological polar surface area (TPSA) is 26.0 Å². The monoisotopic (exact) mass is 189 g/mol. The highest BCUT2D eigenvalue weighted by molar-refractivity contribution is 5.25. The van der Waals surface area contributed by atoms with Gasteiger partial charge in [0, 0.05) is 6.04 Å². The van der Waals surface area contributed by atoms with Crippen LogP contribution in [0.5, 0.6) is 0 Å². The van der Waals surface area contributed by atoms with Gasteiger partial charge in [0.15, 0.2) is 0 Å². The van der Waals surface area contributed by atoms with Gasteiger partial charge in [0.25, 0.3) is 0 Å². The molecule has 0 fully saturated rings. The second-order valence-electron chi connectivity index (χ2n) is 3.90. The lowest BCUT2D eigenvalue weighted by Crippen LogP contribution is -2.16. The van der Waals surface area contributed by atoms with Crippen LogP contribution in [0.1, 0.15) is 32.3 Å². The lowest BCUT2D eigenvalue weighted by Gasteiger charge is -2.11. The van der Waals surface area contributed by atoms with E-state index < -0.39 is 0 Å². The fraction of sp³-hybridized carbons (Fsp3) is 0.385. The third kappa shape index (κ3) is 3.00. The van der Waals surface area contributed by atoms with Crippen molar-refractivity contribution >= 4 is 0 Å². The maximum Gasteiger partial charge on any atom is 0.0222 e. The van der Waals surface area contributed by atoms with Crippen molar-refractivity contribution in [3.05, 3.63) is 47.5 Å². The maximum atomic E-state index is 5.79. The molecular formula is C13H19N. The third-order valence-corrected chi connectivity index (χ3v) is 2.56. The van der Waals surface area contributed by atoms with Crippen molar-refractivity contribution in [3.8, 4) is 0 Å². The van der Waals surface area contributed by atoms with Crippen LogP contribution in [0.25, 0.3) is 0 Å². The Bertz CT molecular complexity index is 298. The lowest BCUT2D eigenvalue weighted by atomic mass is 9.97. The molecule has 1 rings (SSSR count). The second kappa shape index (κ2) is 4.97. The van der Waals surface area contributed by atoms with Crippen LogP contribution in [0.2, 0.25) is 0 Å². The molecule has 0 radical (unpaired) electrons. The van der Waals surface area contributed by atoms with E-state index in [0.717, 1.165) is 0 Å². The third-order valence-electron chi connectivity index (χ3n) is 2.56. The van der Waals surface area contributed by atoms with Gasteiger partial charge in [-0.3, -0.25) is 0 Å². The number of hydrogen-bond donors (Lipinski definition) is 1. The van der Waals surface area contributed by atoms with Gasteiger partial charge >= 0.3 is 0 Å². The highest BCUT2D eigenvalue weighted by Crippen LogP contribution is 2.18. The van der Waals surface area contributed by atoms with Gasteiger partial charge in [0.2, 0.25) is 0 Å². The first-order chi connectivity index (χ1) is 6.61. The summed E-state index contributed by atoms with van der Waals surface area (Å²) in [6.45, 7) is 6.30. The first-order valence-electron chi connectivity index (χ1n) is 5.10. The van der Waals surface area contributed by atoms with Crippen molar-refractivity contribution in [1.29, 1.82) is 0 Å². The van der Waals surface area contributed by atoms with Crippen molar-refractivity contribution in [1.82, 2.24) is 0 Å². The van der Waals surface area contributed by atoms with Crippen LogP contribution >= 0.6 is 0 Å². The fourth-order valence-electron chi connectivity index (χ4n) is 1.40.